The molecule has 0 unspecified atom stereocenters. The standard InChI is InChI=1S/C14H14N8O4S3.C2H3O2/c1-6-17-18-14(29-6)28-4-7-3-27-12-9(11(24)22(12)10(7)13(25)26)16-8(23)2-21-5-15-19-20-21;1-2(3)4/h5,9,12H,2-4H2,1H3,(H,16,23)(H,25,26);1H3/t9-,12-;/m1./s1. The molecule has 2 atom stereocenters. The van der Waals surface area contributed by atoms with E-state index in [4.69, 9.17) is 9.90 Å². The summed E-state index contributed by atoms with van der Waals surface area (Å²) in [7, 11) is 0. The zero-order valence-corrected chi connectivity index (χ0v) is 19.6. The monoisotopic (exact) mass is 513 g/mol. The minimum atomic E-state index is -1.16. The number of aryl methyl sites for hydroxylation is 1. The summed E-state index contributed by atoms with van der Waals surface area (Å²) in [4.78, 5) is 46.7. The van der Waals surface area contributed by atoms with Crippen LogP contribution in [0.25, 0.3) is 0 Å². The van der Waals surface area contributed by atoms with Crippen molar-refractivity contribution in [2.24, 2.45) is 0 Å². The Kier molecular flexibility index (Phi) is 7.98. The van der Waals surface area contributed by atoms with Gasteiger partial charge in [-0.1, -0.05) is 23.1 Å². The van der Waals surface area contributed by atoms with Gasteiger partial charge in [-0.25, -0.2) is 19.4 Å². The van der Waals surface area contributed by atoms with Crippen molar-refractivity contribution in [3.63, 3.8) is 0 Å². The van der Waals surface area contributed by atoms with Gasteiger partial charge in [0.1, 0.15) is 35.0 Å². The summed E-state index contributed by atoms with van der Waals surface area (Å²) in [5.41, 5.74) is 0.627. The minimum Gasteiger partial charge on any atom is -0.477 e. The zero-order chi connectivity index (χ0) is 24.1. The van der Waals surface area contributed by atoms with E-state index >= 15 is 0 Å². The second-order valence-electron chi connectivity index (χ2n) is 6.59. The number of tetrazole rings is 1. The molecule has 2 N–H and O–H groups in total. The highest BCUT2D eigenvalue weighted by Crippen LogP contribution is 2.41. The maximum atomic E-state index is 12.6. The van der Waals surface area contributed by atoms with Crippen molar-refractivity contribution in [3.8, 4) is 0 Å². The number of thioether (sulfide) groups is 2. The van der Waals surface area contributed by atoms with E-state index in [9.17, 15) is 19.5 Å². The number of hydrogen-bond donors (Lipinski definition) is 2. The molecule has 2 aromatic heterocycles. The van der Waals surface area contributed by atoms with Crippen molar-refractivity contribution in [2.75, 3.05) is 11.5 Å². The Morgan fingerprint density at radius 1 is 1.33 bits per heavy atom. The van der Waals surface area contributed by atoms with Gasteiger partial charge in [-0.3, -0.25) is 14.5 Å². The van der Waals surface area contributed by atoms with Gasteiger partial charge in [-0.05, 0) is 22.9 Å². The third-order valence-electron chi connectivity index (χ3n) is 4.14. The molecule has 1 saturated heterocycles. The number of nitrogens with zero attached hydrogens (tertiary/aromatic N) is 7. The average molecular weight is 514 g/mol. The van der Waals surface area contributed by atoms with Crippen LogP contribution < -0.4 is 5.32 Å². The second-order valence-corrected chi connectivity index (χ2v) is 10.1. The topological polar surface area (TPSA) is 193 Å². The maximum absolute atomic E-state index is 12.6. The number of fused-ring (bicyclic) bond motifs is 1. The maximum Gasteiger partial charge on any atom is 0.352 e. The van der Waals surface area contributed by atoms with E-state index in [1.165, 1.54) is 50.8 Å². The van der Waals surface area contributed by atoms with Crippen molar-refractivity contribution in [2.45, 2.75) is 36.1 Å². The van der Waals surface area contributed by atoms with Gasteiger partial charge in [0.25, 0.3) is 5.91 Å². The van der Waals surface area contributed by atoms with E-state index in [-0.39, 0.29) is 12.2 Å². The predicted octanol–water partition coefficient (Wildman–Crippen LogP) is -0.673. The van der Waals surface area contributed by atoms with Crippen molar-refractivity contribution in [3.05, 3.63) is 22.6 Å². The molecule has 14 nitrogen and oxygen atoms in total. The van der Waals surface area contributed by atoms with E-state index in [0.29, 0.717) is 17.1 Å². The number of carboxylic acids is 1. The Balaban J connectivity index is 0.000000709. The molecule has 0 saturated carbocycles. The number of nitrogens with one attached hydrogen (secondary N) is 1. The van der Waals surface area contributed by atoms with Crippen LogP contribution in [-0.4, -0.2) is 87.1 Å². The van der Waals surface area contributed by atoms with E-state index in [1.807, 2.05) is 6.92 Å². The van der Waals surface area contributed by atoms with Crippen LogP contribution in [-0.2, 0) is 30.8 Å². The minimum absolute atomic E-state index is 0.0153. The highest BCUT2D eigenvalue weighted by atomic mass is 32.2. The quantitative estimate of drug-likeness (QED) is 0.351. The highest BCUT2D eigenvalue weighted by molar-refractivity contribution is 8.01. The van der Waals surface area contributed by atoms with Crippen molar-refractivity contribution in [1.82, 2.24) is 40.6 Å². The van der Waals surface area contributed by atoms with E-state index < -0.39 is 35.2 Å². The summed E-state index contributed by atoms with van der Waals surface area (Å²) in [6.07, 6.45) is 1.29. The van der Waals surface area contributed by atoms with Crippen LogP contribution >= 0.6 is 34.9 Å². The summed E-state index contributed by atoms with van der Waals surface area (Å²) in [6, 6.07) is -0.779. The molecule has 4 heterocycles. The Hall–Kier alpha value is -3.05. The predicted molar refractivity (Wildman–Crippen MR) is 114 cm³/mol. The average Bonchev–Trinajstić information content (AvgIpc) is 3.40. The van der Waals surface area contributed by atoms with Crippen LogP contribution in [0.2, 0.25) is 0 Å². The molecular weight excluding hydrogens is 496 g/mol. The fourth-order valence-electron chi connectivity index (χ4n) is 2.90. The van der Waals surface area contributed by atoms with Crippen molar-refractivity contribution < 1.29 is 29.4 Å². The molecule has 1 radical (unpaired) electrons. The molecule has 2 aromatic rings. The molecule has 0 spiro atoms. The molecule has 175 valence electrons. The number of aliphatic carboxylic acids is 1. The van der Waals surface area contributed by atoms with Crippen LogP contribution in [0.15, 0.2) is 21.9 Å². The molecular formula is C16H17N8O6S3. The first-order chi connectivity index (χ1) is 15.7. The third kappa shape index (κ3) is 6.05. The summed E-state index contributed by atoms with van der Waals surface area (Å²) < 4.78 is 1.98. The Morgan fingerprint density at radius 2 is 2.06 bits per heavy atom. The molecule has 17 heteroatoms. The molecule has 2 aliphatic heterocycles. The van der Waals surface area contributed by atoms with E-state index in [0.717, 1.165) is 16.3 Å². The Bertz CT molecular complexity index is 1080. The molecule has 2 aliphatic rings. The number of rotatable bonds is 7. The van der Waals surface area contributed by atoms with Gasteiger partial charge in [0.2, 0.25) is 5.91 Å². The second kappa shape index (κ2) is 10.7. The van der Waals surface area contributed by atoms with Crippen LogP contribution in [0.4, 0.5) is 0 Å². The van der Waals surface area contributed by atoms with Crippen LogP contribution in [0.5, 0.6) is 0 Å². The summed E-state index contributed by atoms with van der Waals surface area (Å²) in [5, 5.41) is 40.0. The first kappa shape index (κ1) is 24.6. The molecule has 4 rings (SSSR count). The van der Waals surface area contributed by atoms with Crippen LogP contribution in [0.3, 0.4) is 0 Å². The number of carbonyl (C=O) groups excluding carboxylic acids is 3. The van der Waals surface area contributed by atoms with Gasteiger partial charge in [0.05, 0.1) is 0 Å². The number of β-lactam (4-membered cyclic amide) rings is 1. The molecule has 0 aliphatic carbocycles. The fraction of sp³-hybridized carbons (Fsp3) is 0.438. The lowest BCUT2D eigenvalue weighted by atomic mass is 10.0. The zero-order valence-electron chi connectivity index (χ0n) is 17.2. The van der Waals surface area contributed by atoms with Gasteiger partial charge in [-0.2, -0.15) is 0 Å². The largest absolute Gasteiger partial charge is 0.477 e. The number of aromatic nitrogens is 6. The summed E-state index contributed by atoms with van der Waals surface area (Å²) in [6.45, 7) is 2.69. The van der Waals surface area contributed by atoms with Crippen LogP contribution in [0, 0.1) is 6.92 Å². The lowest BCUT2D eigenvalue weighted by Gasteiger charge is -2.49. The third-order valence-corrected chi connectivity index (χ3v) is 7.54. The van der Waals surface area contributed by atoms with Gasteiger partial charge in [-0.15, -0.1) is 27.1 Å². The molecule has 0 bridgehead atoms. The SMILES string of the molecule is CC([O])=O.Cc1nnc(SCC2=C(C(=O)O)N3C(=O)[C@@H](NC(=O)Cn4cnnn4)[C@H]3SC2)s1. The Labute approximate surface area is 198 Å². The smallest absolute Gasteiger partial charge is 0.352 e. The number of amides is 2. The highest BCUT2D eigenvalue weighted by Gasteiger charge is 2.54. The van der Waals surface area contributed by atoms with Crippen LogP contribution in [0.1, 0.15) is 11.9 Å². The Morgan fingerprint density at radius 3 is 2.64 bits per heavy atom. The number of carbonyl (C=O) groups is 4. The van der Waals surface area contributed by atoms with Gasteiger partial charge < -0.3 is 10.4 Å². The first-order valence-electron chi connectivity index (χ1n) is 9.18. The summed E-state index contributed by atoms with van der Waals surface area (Å²) >= 11 is 4.24. The normalized spacial score (nSPS) is 19.2. The lowest BCUT2D eigenvalue weighted by Crippen LogP contribution is -2.70. The van der Waals surface area contributed by atoms with Gasteiger partial charge in [0, 0.05) is 18.4 Å². The fourth-order valence-corrected chi connectivity index (χ4v) is 6.20. The molecule has 33 heavy (non-hydrogen) atoms. The number of hydrogen-bond acceptors (Lipinski definition) is 12. The number of carboxylic acid groups (broad SMARTS) is 1. The van der Waals surface area contributed by atoms with E-state index in [1.54, 1.807) is 0 Å². The molecule has 1 fully saturated rings. The first-order valence-corrected chi connectivity index (χ1v) is 12.0. The van der Waals surface area contributed by atoms with Crippen molar-refractivity contribution in [1.29, 1.82) is 0 Å². The lowest BCUT2D eigenvalue weighted by molar-refractivity contribution is -0.150. The van der Waals surface area contributed by atoms with Gasteiger partial charge >= 0.3 is 11.9 Å². The molecule has 0 aromatic carbocycles. The van der Waals surface area contributed by atoms with Crippen molar-refractivity contribution >= 4 is 58.6 Å². The van der Waals surface area contributed by atoms with E-state index in [2.05, 4.69) is 31.0 Å². The van der Waals surface area contributed by atoms with Gasteiger partial charge in [0.15, 0.2) is 4.34 Å². The molecule has 2 amide bonds. The summed E-state index contributed by atoms with van der Waals surface area (Å²) in [5.74, 6) is -2.27.